The van der Waals surface area contributed by atoms with E-state index >= 15 is 0 Å². The maximum absolute atomic E-state index is 12.3. The number of nitrogens with zero attached hydrogens (tertiary/aromatic N) is 2. The molecule has 0 spiro atoms. The number of halogens is 3. The molecule has 0 aliphatic carbocycles. The van der Waals surface area contributed by atoms with Gasteiger partial charge < -0.3 is 14.5 Å². The Labute approximate surface area is 125 Å². The fraction of sp³-hybridized carbons (Fsp3) is 0.429. The van der Waals surface area contributed by atoms with Crippen molar-refractivity contribution in [3.8, 4) is 5.75 Å². The molecule has 0 aromatic heterocycles. The first kappa shape index (κ1) is 16.1. The Morgan fingerprint density at radius 3 is 1.95 bits per heavy atom. The van der Waals surface area contributed by atoms with Gasteiger partial charge in [0.05, 0.1) is 7.11 Å². The summed E-state index contributed by atoms with van der Waals surface area (Å²) in [5, 5.41) is 0. The number of carbonyl (C=O) groups is 2. The summed E-state index contributed by atoms with van der Waals surface area (Å²) < 4.78 is 42.0. The maximum Gasteiger partial charge on any atom is 0.471 e. The minimum absolute atomic E-state index is 0.0761. The summed E-state index contributed by atoms with van der Waals surface area (Å²) in [5.41, 5.74) is 0.427. The van der Waals surface area contributed by atoms with E-state index in [0.29, 0.717) is 11.3 Å². The lowest BCUT2D eigenvalue weighted by Gasteiger charge is -2.35. The highest BCUT2D eigenvalue weighted by Gasteiger charge is 2.43. The van der Waals surface area contributed by atoms with Crippen LogP contribution in [0.15, 0.2) is 24.3 Å². The number of methoxy groups -OCH3 is 1. The van der Waals surface area contributed by atoms with Crippen LogP contribution in [0.3, 0.4) is 0 Å². The van der Waals surface area contributed by atoms with Crippen molar-refractivity contribution in [2.24, 2.45) is 0 Å². The fourth-order valence-corrected chi connectivity index (χ4v) is 2.21. The zero-order valence-corrected chi connectivity index (χ0v) is 11.9. The first-order chi connectivity index (χ1) is 10.3. The normalized spacial score (nSPS) is 15.6. The third-order valence-corrected chi connectivity index (χ3v) is 3.43. The smallest absolute Gasteiger partial charge is 0.471 e. The molecule has 1 aromatic carbocycles. The predicted molar refractivity (Wildman–Crippen MR) is 71.5 cm³/mol. The van der Waals surface area contributed by atoms with Crippen LogP contribution in [0.25, 0.3) is 0 Å². The van der Waals surface area contributed by atoms with E-state index in [1.165, 1.54) is 12.0 Å². The summed E-state index contributed by atoms with van der Waals surface area (Å²) in [5.74, 6) is -1.53. The van der Waals surface area contributed by atoms with Crippen molar-refractivity contribution in [3.63, 3.8) is 0 Å². The maximum atomic E-state index is 12.3. The summed E-state index contributed by atoms with van der Waals surface area (Å²) in [7, 11) is 1.51. The standard InChI is InChI=1S/C14H15F3N2O3/c1-22-11-4-2-10(3-5-11)12(20)18-6-8-19(9-7-18)13(21)14(15,16)17/h2-5H,6-9H2,1H3. The molecule has 0 atom stereocenters. The lowest BCUT2D eigenvalue weighted by Crippen LogP contribution is -2.53. The van der Waals surface area contributed by atoms with Crippen molar-refractivity contribution in [1.82, 2.24) is 9.80 Å². The number of hydrogen-bond donors (Lipinski definition) is 0. The van der Waals surface area contributed by atoms with E-state index < -0.39 is 12.1 Å². The molecule has 120 valence electrons. The van der Waals surface area contributed by atoms with Gasteiger partial charge in [0, 0.05) is 31.7 Å². The molecule has 0 unspecified atom stereocenters. The first-order valence-electron chi connectivity index (χ1n) is 6.62. The number of piperazine rings is 1. The molecule has 1 saturated heterocycles. The van der Waals surface area contributed by atoms with Crippen molar-refractivity contribution in [1.29, 1.82) is 0 Å². The highest BCUT2D eigenvalue weighted by molar-refractivity contribution is 5.94. The lowest BCUT2D eigenvalue weighted by atomic mass is 10.1. The van der Waals surface area contributed by atoms with Gasteiger partial charge in [0.25, 0.3) is 5.91 Å². The second kappa shape index (κ2) is 6.25. The largest absolute Gasteiger partial charge is 0.497 e. The van der Waals surface area contributed by atoms with Crippen LogP contribution in [0.2, 0.25) is 0 Å². The average Bonchev–Trinajstić information content (AvgIpc) is 2.53. The minimum atomic E-state index is -4.87. The van der Waals surface area contributed by atoms with Crippen LogP contribution < -0.4 is 4.74 Å². The van der Waals surface area contributed by atoms with E-state index in [9.17, 15) is 22.8 Å². The Bertz CT molecular complexity index is 549. The molecule has 2 amide bonds. The monoisotopic (exact) mass is 316 g/mol. The number of hydrogen-bond acceptors (Lipinski definition) is 3. The van der Waals surface area contributed by atoms with Gasteiger partial charge in [0.15, 0.2) is 0 Å². The molecule has 0 radical (unpaired) electrons. The van der Waals surface area contributed by atoms with Gasteiger partial charge in [-0.3, -0.25) is 9.59 Å². The Morgan fingerprint density at radius 2 is 1.50 bits per heavy atom. The molecule has 0 N–H and O–H groups in total. The second-order valence-electron chi connectivity index (χ2n) is 4.81. The highest BCUT2D eigenvalue weighted by atomic mass is 19.4. The summed E-state index contributed by atoms with van der Waals surface area (Å²) in [6.07, 6.45) is -4.87. The predicted octanol–water partition coefficient (Wildman–Crippen LogP) is 1.54. The van der Waals surface area contributed by atoms with Crippen LogP contribution in [-0.2, 0) is 4.79 Å². The summed E-state index contributed by atoms with van der Waals surface area (Å²) in [4.78, 5) is 25.5. The topological polar surface area (TPSA) is 49.9 Å². The van der Waals surface area contributed by atoms with E-state index in [1.54, 1.807) is 24.3 Å². The van der Waals surface area contributed by atoms with Crippen LogP contribution >= 0.6 is 0 Å². The Kier molecular flexibility index (Phi) is 4.58. The number of ether oxygens (including phenoxy) is 1. The Balaban J connectivity index is 1.96. The van der Waals surface area contributed by atoms with E-state index in [2.05, 4.69) is 0 Å². The minimum Gasteiger partial charge on any atom is -0.497 e. The van der Waals surface area contributed by atoms with Crippen molar-refractivity contribution in [2.45, 2.75) is 6.18 Å². The van der Waals surface area contributed by atoms with Crippen LogP contribution in [0.5, 0.6) is 5.75 Å². The molecule has 0 saturated carbocycles. The molecular weight excluding hydrogens is 301 g/mol. The third kappa shape index (κ3) is 3.49. The third-order valence-electron chi connectivity index (χ3n) is 3.43. The molecule has 1 fully saturated rings. The van der Waals surface area contributed by atoms with Gasteiger partial charge in [-0.2, -0.15) is 13.2 Å². The molecule has 0 bridgehead atoms. The summed E-state index contributed by atoms with van der Waals surface area (Å²) in [6, 6.07) is 6.45. The van der Waals surface area contributed by atoms with Crippen molar-refractivity contribution in [2.75, 3.05) is 33.3 Å². The van der Waals surface area contributed by atoms with Crippen LogP contribution in [0.4, 0.5) is 13.2 Å². The molecule has 1 aliphatic rings. The van der Waals surface area contributed by atoms with E-state index in [1.807, 2.05) is 0 Å². The zero-order chi connectivity index (χ0) is 16.3. The lowest BCUT2D eigenvalue weighted by molar-refractivity contribution is -0.186. The second-order valence-corrected chi connectivity index (χ2v) is 4.81. The van der Waals surface area contributed by atoms with E-state index in [-0.39, 0.29) is 32.1 Å². The first-order valence-corrected chi connectivity index (χ1v) is 6.62. The average molecular weight is 316 g/mol. The van der Waals surface area contributed by atoms with Crippen LogP contribution in [-0.4, -0.2) is 61.1 Å². The molecule has 2 rings (SSSR count). The quantitative estimate of drug-likeness (QED) is 0.832. The van der Waals surface area contributed by atoms with Gasteiger partial charge in [-0.05, 0) is 24.3 Å². The summed E-state index contributed by atoms with van der Waals surface area (Å²) >= 11 is 0. The van der Waals surface area contributed by atoms with Gasteiger partial charge in [0.2, 0.25) is 0 Å². The molecule has 22 heavy (non-hydrogen) atoms. The van der Waals surface area contributed by atoms with Crippen LogP contribution in [0.1, 0.15) is 10.4 Å². The fourth-order valence-electron chi connectivity index (χ4n) is 2.21. The number of rotatable bonds is 2. The SMILES string of the molecule is COc1ccc(C(=O)N2CCN(C(=O)C(F)(F)F)CC2)cc1. The van der Waals surface area contributed by atoms with Crippen molar-refractivity contribution >= 4 is 11.8 Å². The van der Waals surface area contributed by atoms with Crippen LogP contribution in [0, 0.1) is 0 Å². The van der Waals surface area contributed by atoms with Crippen molar-refractivity contribution < 1.29 is 27.5 Å². The molecular formula is C14H15F3N2O3. The molecule has 1 aromatic rings. The Morgan fingerprint density at radius 1 is 1.00 bits per heavy atom. The highest BCUT2D eigenvalue weighted by Crippen LogP contribution is 2.20. The number of amides is 2. The van der Waals surface area contributed by atoms with Gasteiger partial charge in [-0.1, -0.05) is 0 Å². The molecule has 1 aliphatic heterocycles. The van der Waals surface area contributed by atoms with Gasteiger partial charge in [-0.25, -0.2) is 0 Å². The number of alkyl halides is 3. The summed E-state index contributed by atoms with van der Waals surface area (Å²) in [6.45, 7) is -0.0974. The van der Waals surface area contributed by atoms with Gasteiger partial charge in [-0.15, -0.1) is 0 Å². The molecule has 8 heteroatoms. The van der Waals surface area contributed by atoms with E-state index in [4.69, 9.17) is 4.74 Å². The number of benzene rings is 1. The zero-order valence-electron chi connectivity index (χ0n) is 11.9. The Hall–Kier alpha value is -2.25. The molecule has 1 heterocycles. The van der Waals surface area contributed by atoms with Gasteiger partial charge in [0.1, 0.15) is 5.75 Å². The van der Waals surface area contributed by atoms with Gasteiger partial charge >= 0.3 is 12.1 Å². The number of carbonyl (C=O) groups excluding carboxylic acids is 2. The van der Waals surface area contributed by atoms with E-state index in [0.717, 1.165) is 4.90 Å². The molecule has 5 nitrogen and oxygen atoms in total. The van der Waals surface area contributed by atoms with Crippen molar-refractivity contribution in [3.05, 3.63) is 29.8 Å².